The van der Waals surface area contributed by atoms with Crippen LogP contribution in [0.3, 0.4) is 0 Å². The quantitative estimate of drug-likeness (QED) is 0.836. The van der Waals surface area contributed by atoms with E-state index in [-0.39, 0.29) is 12.3 Å². The van der Waals surface area contributed by atoms with Crippen LogP contribution in [-0.4, -0.2) is 28.8 Å². The number of thiophene rings is 1. The molecule has 2 rings (SSSR count). The third kappa shape index (κ3) is 3.45. The van der Waals surface area contributed by atoms with Crippen molar-refractivity contribution in [2.75, 3.05) is 7.11 Å². The average molecular weight is 293 g/mol. The number of hydrogen-bond acceptors (Lipinski definition) is 5. The van der Waals surface area contributed by atoms with Crippen LogP contribution in [0.15, 0.2) is 29.1 Å². The fraction of sp³-hybridized carbons (Fsp3) is 0.308. The first-order chi connectivity index (χ1) is 9.60. The monoisotopic (exact) mass is 293 g/mol. The van der Waals surface area contributed by atoms with Gasteiger partial charge < -0.3 is 10.1 Å². The van der Waals surface area contributed by atoms with Crippen LogP contribution in [0.2, 0.25) is 0 Å². The summed E-state index contributed by atoms with van der Waals surface area (Å²) < 4.78 is 6.28. The van der Waals surface area contributed by atoms with Gasteiger partial charge >= 0.3 is 5.97 Å². The minimum atomic E-state index is -0.882. The number of hydrogen-bond donors (Lipinski definition) is 1. The lowest BCUT2D eigenvalue weighted by Gasteiger charge is -2.14. The van der Waals surface area contributed by atoms with Crippen molar-refractivity contribution < 1.29 is 14.3 Å². The summed E-state index contributed by atoms with van der Waals surface area (Å²) in [5.41, 5.74) is 1.37. The summed E-state index contributed by atoms with van der Waals surface area (Å²) in [5.74, 6) is -0.785. The van der Waals surface area contributed by atoms with Crippen LogP contribution in [0.1, 0.15) is 17.3 Å². The van der Waals surface area contributed by atoms with E-state index in [0.717, 1.165) is 5.56 Å². The first-order valence-electron chi connectivity index (χ1n) is 5.98. The van der Waals surface area contributed by atoms with Crippen LogP contribution < -0.4 is 5.32 Å². The maximum atomic E-state index is 12.0. The lowest BCUT2D eigenvalue weighted by Crippen LogP contribution is -2.35. The largest absolute Gasteiger partial charge is 0.467 e. The third-order valence-corrected chi connectivity index (χ3v) is 3.45. The second kappa shape index (κ2) is 6.33. The fourth-order valence-corrected chi connectivity index (χ4v) is 2.42. The molecular weight excluding hydrogens is 278 g/mol. The number of aryl methyl sites for hydroxylation is 1. The van der Waals surface area contributed by atoms with E-state index in [0.29, 0.717) is 5.69 Å². The Morgan fingerprint density at radius 3 is 2.85 bits per heavy atom. The molecule has 0 aromatic carbocycles. The van der Waals surface area contributed by atoms with Crippen molar-refractivity contribution in [3.8, 4) is 0 Å². The van der Waals surface area contributed by atoms with E-state index < -0.39 is 12.0 Å². The van der Waals surface area contributed by atoms with Crippen molar-refractivity contribution in [1.29, 1.82) is 0 Å². The number of carbonyl (C=O) groups is 2. The Morgan fingerprint density at radius 2 is 2.30 bits per heavy atom. The van der Waals surface area contributed by atoms with Gasteiger partial charge in [0.1, 0.15) is 0 Å². The molecule has 0 saturated heterocycles. The second-order valence-corrected chi connectivity index (χ2v) is 5.03. The smallest absolute Gasteiger partial charge is 0.334 e. The van der Waals surface area contributed by atoms with Gasteiger partial charge in [0.2, 0.25) is 5.91 Å². The van der Waals surface area contributed by atoms with E-state index in [1.165, 1.54) is 18.4 Å². The van der Waals surface area contributed by atoms with E-state index in [1.54, 1.807) is 24.0 Å². The number of aromatic nitrogens is 2. The van der Waals surface area contributed by atoms with E-state index in [4.69, 9.17) is 4.74 Å². The first kappa shape index (κ1) is 14.3. The van der Waals surface area contributed by atoms with Gasteiger partial charge in [-0.1, -0.05) is 0 Å². The highest BCUT2D eigenvalue weighted by Crippen LogP contribution is 2.13. The summed E-state index contributed by atoms with van der Waals surface area (Å²) in [4.78, 5) is 23.7. The normalized spacial score (nSPS) is 11.9. The predicted octanol–water partition coefficient (Wildman–Crippen LogP) is 1.05. The molecule has 0 saturated carbocycles. The van der Waals surface area contributed by atoms with Crippen molar-refractivity contribution in [2.45, 2.75) is 12.5 Å². The van der Waals surface area contributed by atoms with Crippen LogP contribution >= 0.6 is 11.3 Å². The van der Waals surface area contributed by atoms with E-state index in [1.807, 2.05) is 16.8 Å². The third-order valence-electron chi connectivity index (χ3n) is 2.72. The van der Waals surface area contributed by atoms with Gasteiger partial charge in [0.25, 0.3) is 0 Å². The van der Waals surface area contributed by atoms with Gasteiger partial charge in [-0.05, 0) is 28.5 Å². The van der Waals surface area contributed by atoms with Gasteiger partial charge in [-0.3, -0.25) is 9.48 Å². The molecule has 1 amide bonds. The van der Waals surface area contributed by atoms with Crippen molar-refractivity contribution in [1.82, 2.24) is 15.1 Å². The number of carbonyl (C=O) groups excluding carboxylic acids is 2. The van der Waals surface area contributed by atoms with Crippen molar-refractivity contribution in [3.05, 3.63) is 40.3 Å². The van der Waals surface area contributed by atoms with E-state index >= 15 is 0 Å². The number of ether oxygens (including phenoxy) is 1. The molecule has 20 heavy (non-hydrogen) atoms. The maximum absolute atomic E-state index is 12.0. The molecule has 2 aromatic rings. The topological polar surface area (TPSA) is 73.2 Å². The Hall–Kier alpha value is -2.15. The lowest BCUT2D eigenvalue weighted by molar-refractivity contribution is -0.145. The lowest BCUT2D eigenvalue weighted by atomic mass is 10.2. The fourth-order valence-electron chi connectivity index (χ4n) is 1.75. The molecule has 0 fully saturated rings. The molecule has 0 unspecified atom stereocenters. The summed E-state index contributed by atoms with van der Waals surface area (Å²) in [7, 11) is 3.02. The molecule has 2 heterocycles. The minimum absolute atomic E-state index is 0.226. The Balaban J connectivity index is 2.08. The zero-order valence-corrected chi connectivity index (χ0v) is 12.0. The second-order valence-electron chi connectivity index (χ2n) is 4.25. The molecule has 1 N–H and O–H groups in total. The van der Waals surface area contributed by atoms with Gasteiger partial charge in [-0.15, -0.1) is 0 Å². The molecular formula is C13H15N3O3S. The number of methoxy groups -OCH3 is 1. The zero-order valence-electron chi connectivity index (χ0n) is 11.2. The first-order valence-corrected chi connectivity index (χ1v) is 6.92. The highest BCUT2D eigenvalue weighted by molar-refractivity contribution is 7.07. The molecule has 0 radical (unpaired) electrons. The van der Waals surface area contributed by atoms with Crippen molar-refractivity contribution in [2.24, 2.45) is 7.05 Å². The highest BCUT2D eigenvalue weighted by Gasteiger charge is 2.25. The molecule has 7 heteroatoms. The Morgan fingerprint density at radius 1 is 1.50 bits per heavy atom. The molecule has 0 aliphatic heterocycles. The van der Waals surface area contributed by atoms with E-state index in [2.05, 4.69) is 10.4 Å². The molecule has 2 aromatic heterocycles. The van der Waals surface area contributed by atoms with Gasteiger partial charge in [0.05, 0.1) is 19.2 Å². The molecule has 0 spiro atoms. The Labute approximate surface area is 120 Å². The van der Waals surface area contributed by atoms with Gasteiger partial charge in [0.15, 0.2) is 6.04 Å². The SMILES string of the molecule is COC(=O)[C@H](NC(=O)Cc1ccsc1)c1ccn(C)n1. The maximum Gasteiger partial charge on any atom is 0.334 e. The summed E-state index contributed by atoms with van der Waals surface area (Å²) in [6.07, 6.45) is 1.93. The predicted molar refractivity (Wildman–Crippen MR) is 74.1 cm³/mol. The van der Waals surface area contributed by atoms with Gasteiger partial charge in [-0.2, -0.15) is 16.4 Å². The molecule has 0 aliphatic carbocycles. The molecule has 0 aliphatic rings. The van der Waals surface area contributed by atoms with Crippen LogP contribution in [0.4, 0.5) is 0 Å². The average Bonchev–Trinajstić information content (AvgIpc) is 3.06. The number of nitrogens with zero attached hydrogens (tertiary/aromatic N) is 2. The summed E-state index contributed by atoms with van der Waals surface area (Å²) >= 11 is 1.52. The number of esters is 1. The highest BCUT2D eigenvalue weighted by atomic mass is 32.1. The van der Waals surface area contributed by atoms with Gasteiger partial charge in [0, 0.05) is 13.2 Å². The number of rotatable bonds is 5. The standard InChI is InChI=1S/C13H15N3O3S/c1-16-5-3-10(15-16)12(13(18)19-2)14-11(17)7-9-4-6-20-8-9/h3-6,8,12H,7H2,1-2H3,(H,14,17)/t12-/m1/s1. The Bertz CT molecular complexity index is 592. The van der Waals surface area contributed by atoms with Gasteiger partial charge in [-0.25, -0.2) is 4.79 Å². The summed E-state index contributed by atoms with van der Waals surface area (Å²) in [5, 5.41) is 10.6. The number of amides is 1. The van der Waals surface area contributed by atoms with Crippen LogP contribution in [0.5, 0.6) is 0 Å². The summed E-state index contributed by atoms with van der Waals surface area (Å²) in [6, 6.07) is 2.66. The molecule has 1 atom stereocenters. The van der Waals surface area contributed by atoms with Crippen molar-refractivity contribution >= 4 is 23.2 Å². The Kier molecular flexibility index (Phi) is 4.52. The van der Waals surface area contributed by atoms with Crippen LogP contribution in [-0.2, 0) is 27.8 Å². The minimum Gasteiger partial charge on any atom is -0.467 e. The molecule has 0 bridgehead atoms. The van der Waals surface area contributed by atoms with Crippen LogP contribution in [0.25, 0.3) is 0 Å². The number of nitrogens with one attached hydrogen (secondary N) is 1. The molecule has 6 nitrogen and oxygen atoms in total. The van der Waals surface area contributed by atoms with E-state index in [9.17, 15) is 9.59 Å². The van der Waals surface area contributed by atoms with Crippen molar-refractivity contribution in [3.63, 3.8) is 0 Å². The molecule has 106 valence electrons. The zero-order chi connectivity index (χ0) is 14.5. The van der Waals surface area contributed by atoms with Crippen LogP contribution in [0, 0.1) is 0 Å². The summed E-state index contributed by atoms with van der Waals surface area (Å²) in [6.45, 7) is 0.